The van der Waals surface area contributed by atoms with Crippen molar-refractivity contribution in [1.29, 1.82) is 0 Å². The van der Waals surface area contributed by atoms with E-state index in [2.05, 4.69) is 6.58 Å². The van der Waals surface area contributed by atoms with Gasteiger partial charge in [-0.25, -0.2) is 4.39 Å². The van der Waals surface area contributed by atoms with Crippen LogP contribution in [0, 0.1) is 0 Å². The summed E-state index contributed by atoms with van der Waals surface area (Å²) in [5, 5.41) is 9.38. The van der Waals surface area contributed by atoms with Gasteiger partial charge >= 0.3 is 0 Å². The Kier molecular flexibility index (Phi) is 4.39. The molecular weight excluding hydrogens is 261 g/mol. The molecule has 0 aliphatic carbocycles. The molecule has 4 nitrogen and oxygen atoms in total. The predicted molar refractivity (Wildman–Crippen MR) is 73.7 cm³/mol. The Morgan fingerprint density at radius 2 is 2.35 bits per heavy atom. The van der Waals surface area contributed by atoms with Crippen LogP contribution >= 0.6 is 0 Å². The molecule has 1 heterocycles. The first-order valence-electron chi connectivity index (χ1n) is 6.46. The lowest BCUT2D eigenvalue weighted by atomic mass is 10.1. The van der Waals surface area contributed by atoms with Crippen LogP contribution in [0.1, 0.15) is 15.9 Å². The van der Waals surface area contributed by atoms with Gasteiger partial charge < -0.3 is 14.7 Å². The molecule has 1 fully saturated rings. The number of likely N-dealkylation sites (tertiary alicyclic amines) is 1. The summed E-state index contributed by atoms with van der Waals surface area (Å²) < 4.78 is 18.5. The highest BCUT2D eigenvalue weighted by Crippen LogP contribution is 2.23. The Balaban J connectivity index is 2.22. The Labute approximate surface area is 117 Å². The summed E-state index contributed by atoms with van der Waals surface area (Å²) in [6, 6.07) is 5.08. The molecule has 0 spiro atoms. The van der Waals surface area contributed by atoms with Crippen LogP contribution in [0.2, 0.25) is 0 Å². The van der Waals surface area contributed by atoms with Crippen molar-refractivity contribution in [1.82, 2.24) is 4.90 Å². The molecular formula is C15H18FNO3. The monoisotopic (exact) mass is 279 g/mol. The Morgan fingerprint density at radius 1 is 1.60 bits per heavy atom. The van der Waals surface area contributed by atoms with Crippen molar-refractivity contribution in [3.63, 3.8) is 0 Å². The lowest BCUT2D eigenvalue weighted by Crippen LogP contribution is -2.29. The predicted octanol–water partition coefficient (Wildman–Crippen LogP) is 1.58. The molecule has 0 unspecified atom stereocenters. The van der Waals surface area contributed by atoms with Crippen LogP contribution < -0.4 is 4.74 Å². The second-order valence-corrected chi connectivity index (χ2v) is 4.81. The molecule has 1 aliphatic rings. The zero-order valence-electron chi connectivity index (χ0n) is 11.4. The number of methoxy groups -OCH3 is 1. The smallest absolute Gasteiger partial charge is 0.254 e. The third kappa shape index (κ3) is 2.82. The van der Waals surface area contributed by atoms with Gasteiger partial charge in [-0.1, -0.05) is 6.08 Å². The van der Waals surface area contributed by atoms with Gasteiger partial charge in [-0.15, -0.1) is 6.58 Å². The first-order valence-corrected chi connectivity index (χ1v) is 6.46. The van der Waals surface area contributed by atoms with Crippen LogP contribution in [0.25, 0.3) is 0 Å². The van der Waals surface area contributed by atoms with Gasteiger partial charge in [0, 0.05) is 12.1 Å². The van der Waals surface area contributed by atoms with Crippen molar-refractivity contribution in [3.8, 4) is 5.75 Å². The molecule has 1 aliphatic heterocycles. The molecule has 0 saturated carbocycles. The summed E-state index contributed by atoms with van der Waals surface area (Å²) in [5.74, 6) is 0.406. The second kappa shape index (κ2) is 6.05. The fraction of sp³-hybridized carbons (Fsp3) is 0.400. The van der Waals surface area contributed by atoms with Crippen molar-refractivity contribution in [3.05, 3.63) is 42.0 Å². The van der Waals surface area contributed by atoms with Crippen LogP contribution in [-0.4, -0.2) is 48.4 Å². The zero-order chi connectivity index (χ0) is 14.7. The van der Waals surface area contributed by atoms with Crippen LogP contribution in [0.15, 0.2) is 30.9 Å². The molecule has 0 radical (unpaired) electrons. The van der Waals surface area contributed by atoms with Crippen molar-refractivity contribution in [2.75, 3.05) is 20.2 Å². The Hall–Kier alpha value is -1.88. The first-order chi connectivity index (χ1) is 9.56. The lowest BCUT2D eigenvalue weighted by molar-refractivity contribution is 0.0764. The molecule has 2 atom stereocenters. The lowest BCUT2D eigenvalue weighted by Gasteiger charge is -2.16. The number of amides is 1. The fourth-order valence-corrected chi connectivity index (χ4v) is 2.32. The number of aliphatic hydroxyl groups excluding tert-OH is 1. The van der Waals surface area contributed by atoms with E-state index >= 15 is 0 Å². The van der Waals surface area contributed by atoms with Crippen LogP contribution in [0.4, 0.5) is 4.39 Å². The number of rotatable bonds is 4. The number of carbonyl (C=O) groups excluding carboxylic acids is 1. The minimum atomic E-state index is -1.37. The normalized spacial score (nSPS) is 21.9. The topological polar surface area (TPSA) is 49.8 Å². The van der Waals surface area contributed by atoms with Gasteiger partial charge in [0.25, 0.3) is 5.91 Å². The summed E-state index contributed by atoms with van der Waals surface area (Å²) in [6.07, 6.45) is -0.156. The van der Waals surface area contributed by atoms with Crippen molar-refractivity contribution in [2.45, 2.75) is 18.7 Å². The Bertz CT molecular complexity index is 508. The minimum Gasteiger partial charge on any atom is -0.496 e. The minimum absolute atomic E-state index is 0.0306. The van der Waals surface area contributed by atoms with E-state index < -0.39 is 12.3 Å². The molecule has 1 aromatic carbocycles. The van der Waals surface area contributed by atoms with Crippen LogP contribution in [-0.2, 0) is 6.42 Å². The molecule has 0 bridgehead atoms. The number of allylic oxidation sites excluding steroid dienone is 1. The molecule has 0 aromatic heterocycles. The van der Waals surface area contributed by atoms with Crippen molar-refractivity contribution in [2.24, 2.45) is 0 Å². The van der Waals surface area contributed by atoms with Crippen molar-refractivity contribution >= 4 is 5.91 Å². The molecule has 1 aromatic rings. The molecule has 1 saturated heterocycles. The number of ether oxygens (including phenoxy) is 1. The third-order valence-electron chi connectivity index (χ3n) is 3.40. The zero-order valence-corrected chi connectivity index (χ0v) is 11.4. The summed E-state index contributed by atoms with van der Waals surface area (Å²) in [6.45, 7) is 3.63. The Morgan fingerprint density at radius 3 is 2.90 bits per heavy atom. The standard InChI is InChI=1S/C15H18FNO3/c1-3-4-10-7-11(5-6-14(10)20-2)15(19)17-8-12(16)13(18)9-17/h3,5-7,12-13,18H,1,4,8-9H2,2H3/t12-,13-/m1/s1. The van der Waals surface area contributed by atoms with Gasteiger partial charge in [0.15, 0.2) is 0 Å². The van der Waals surface area contributed by atoms with E-state index in [1.54, 1.807) is 31.4 Å². The van der Waals surface area contributed by atoms with E-state index in [4.69, 9.17) is 4.74 Å². The quantitative estimate of drug-likeness (QED) is 0.851. The van der Waals surface area contributed by atoms with Gasteiger partial charge in [0.1, 0.15) is 18.0 Å². The maximum Gasteiger partial charge on any atom is 0.254 e. The third-order valence-corrected chi connectivity index (χ3v) is 3.40. The van der Waals surface area contributed by atoms with Gasteiger partial charge in [-0.3, -0.25) is 4.79 Å². The maximum absolute atomic E-state index is 13.3. The number of nitrogens with zero attached hydrogens (tertiary/aromatic N) is 1. The summed E-state index contributed by atoms with van der Waals surface area (Å²) in [7, 11) is 1.56. The molecule has 1 N–H and O–H groups in total. The van der Waals surface area contributed by atoms with E-state index in [0.29, 0.717) is 17.7 Å². The van der Waals surface area contributed by atoms with E-state index in [1.165, 1.54) is 4.90 Å². The fourth-order valence-electron chi connectivity index (χ4n) is 2.32. The maximum atomic E-state index is 13.3. The average Bonchev–Trinajstić information content (AvgIpc) is 2.78. The van der Waals surface area contributed by atoms with E-state index in [9.17, 15) is 14.3 Å². The highest BCUT2D eigenvalue weighted by Gasteiger charge is 2.34. The number of halogens is 1. The van der Waals surface area contributed by atoms with E-state index in [1.807, 2.05) is 0 Å². The summed E-state index contributed by atoms with van der Waals surface area (Å²) in [5.41, 5.74) is 1.31. The number of hydrogen-bond acceptors (Lipinski definition) is 3. The number of hydrogen-bond donors (Lipinski definition) is 1. The van der Waals surface area contributed by atoms with Gasteiger partial charge in [0.2, 0.25) is 0 Å². The summed E-state index contributed by atoms with van der Waals surface area (Å²) in [4.78, 5) is 13.6. The highest BCUT2D eigenvalue weighted by atomic mass is 19.1. The average molecular weight is 279 g/mol. The molecule has 5 heteroatoms. The van der Waals surface area contributed by atoms with Gasteiger partial charge in [-0.05, 0) is 30.2 Å². The molecule has 2 rings (SSSR count). The highest BCUT2D eigenvalue weighted by molar-refractivity contribution is 5.95. The van der Waals surface area contributed by atoms with Gasteiger partial charge in [-0.2, -0.15) is 0 Å². The van der Waals surface area contributed by atoms with Crippen LogP contribution in [0.5, 0.6) is 5.75 Å². The molecule has 108 valence electrons. The van der Waals surface area contributed by atoms with E-state index in [-0.39, 0.29) is 19.0 Å². The number of carbonyl (C=O) groups is 1. The second-order valence-electron chi connectivity index (χ2n) is 4.81. The first kappa shape index (κ1) is 14.5. The number of aliphatic hydroxyl groups is 1. The van der Waals surface area contributed by atoms with Crippen molar-refractivity contribution < 1.29 is 19.0 Å². The van der Waals surface area contributed by atoms with E-state index in [0.717, 1.165) is 5.56 Å². The molecule has 20 heavy (non-hydrogen) atoms. The number of benzene rings is 1. The van der Waals surface area contributed by atoms with Crippen LogP contribution in [0.3, 0.4) is 0 Å². The largest absolute Gasteiger partial charge is 0.496 e. The number of alkyl halides is 1. The SMILES string of the molecule is C=CCc1cc(C(=O)N2C[C@@H](O)[C@H](F)C2)ccc1OC. The van der Waals surface area contributed by atoms with Gasteiger partial charge in [0.05, 0.1) is 13.7 Å². The summed E-state index contributed by atoms with van der Waals surface area (Å²) >= 11 is 0. The number of β-amino-alcohol motifs (C(OH)–C–C–N with tert-alkyl or cyclic N) is 1. The molecule has 1 amide bonds.